The van der Waals surface area contributed by atoms with Gasteiger partial charge in [-0.05, 0) is 42.9 Å². The molecule has 0 bridgehead atoms. The van der Waals surface area contributed by atoms with Crippen LogP contribution in [0.25, 0.3) is 0 Å². The lowest BCUT2D eigenvalue weighted by Gasteiger charge is -2.21. The molecule has 14 heavy (non-hydrogen) atoms. The first-order chi connectivity index (χ1) is 6.84. The van der Waals surface area contributed by atoms with Crippen molar-refractivity contribution in [2.24, 2.45) is 5.92 Å². The summed E-state index contributed by atoms with van der Waals surface area (Å²) in [6, 6.07) is 8.61. The summed E-state index contributed by atoms with van der Waals surface area (Å²) in [6.45, 7) is 1.89. The molecule has 1 aromatic rings. The van der Waals surface area contributed by atoms with Gasteiger partial charge in [0.25, 0.3) is 0 Å². The molecule has 1 aromatic carbocycles. The molecular formula is C12H15BrO. The van der Waals surface area contributed by atoms with Crippen LogP contribution in [-0.2, 0) is 11.2 Å². The second-order valence-electron chi connectivity index (χ2n) is 3.89. The number of hydrogen-bond donors (Lipinski definition) is 0. The highest BCUT2D eigenvalue weighted by atomic mass is 79.9. The van der Waals surface area contributed by atoms with Gasteiger partial charge in [0.2, 0.25) is 0 Å². The number of ether oxygens (including phenoxy) is 1. The summed E-state index contributed by atoms with van der Waals surface area (Å²) in [6.07, 6.45) is 3.63. The Morgan fingerprint density at radius 2 is 2.07 bits per heavy atom. The van der Waals surface area contributed by atoms with Crippen molar-refractivity contribution in [3.8, 4) is 0 Å². The molecule has 0 radical (unpaired) electrons. The van der Waals surface area contributed by atoms with Crippen molar-refractivity contribution in [1.29, 1.82) is 0 Å². The Balaban J connectivity index is 1.95. The van der Waals surface area contributed by atoms with E-state index in [0.717, 1.165) is 19.1 Å². The lowest BCUT2D eigenvalue weighted by atomic mass is 9.92. The first-order valence-corrected chi connectivity index (χ1v) is 5.96. The van der Waals surface area contributed by atoms with Crippen LogP contribution >= 0.6 is 15.9 Å². The highest BCUT2D eigenvalue weighted by molar-refractivity contribution is 9.10. The molecule has 76 valence electrons. The minimum absolute atomic E-state index is 0.818. The second-order valence-corrected chi connectivity index (χ2v) is 4.81. The highest BCUT2D eigenvalue weighted by Gasteiger charge is 2.13. The third-order valence-electron chi connectivity index (χ3n) is 2.75. The zero-order valence-corrected chi connectivity index (χ0v) is 9.79. The Bertz CT molecular complexity index is 292. The van der Waals surface area contributed by atoms with E-state index >= 15 is 0 Å². The van der Waals surface area contributed by atoms with Crippen LogP contribution in [0.3, 0.4) is 0 Å². The highest BCUT2D eigenvalue weighted by Crippen LogP contribution is 2.21. The standard InChI is InChI=1S/C12H15BrO/c13-12-3-1-2-11(9-12)8-10-4-6-14-7-5-10/h1-3,9-10H,4-8H2. The molecule has 2 heteroatoms. The Kier molecular flexibility index (Phi) is 3.60. The topological polar surface area (TPSA) is 9.23 Å². The van der Waals surface area contributed by atoms with Gasteiger partial charge in [-0.2, -0.15) is 0 Å². The van der Waals surface area contributed by atoms with Gasteiger partial charge in [-0.3, -0.25) is 0 Å². The maximum atomic E-state index is 5.35. The lowest BCUT2D eigenvalue weighted by Crippen LogP contribution is -2.17. The summed E-state index contributed by atoms with van der Waals surface area (Å²) in [5, 5.41) is 0. The SMILES string of the molecule is Brc1cccc(CC2CCOCC2)c1. The summed E-state index contributed by atoms with van der Waals surface area (Å²) in [5.41, 5.74) is 1.44. The fourth-order valence-electron chi connectivity index (χ4n) is 1.95. The number of hydrogen-bond acceptors (Lipinski definition) is 1. The van der Waals surface area contributed by atoms with Crippen molar-refractivity contribution >= 4 is 15.9 Å². The first kappa shape index (κ1) is 10.2. The molecule has 1 nitrogen and oxygen atoms in total. The average Bonchev–Trinajstić information content (AvgIpc) is 2.19. The van der Waals surface area contributed by atoms with Gasteiger partial charge in [-0.15, -0.1) is 0 Å². The van der Waals surface area contributed by atoms with E-state index < -0.39 is 0 Å². The van der Waals surface area contributed by atoms with E-state index in [1.807, 2.05) is 0 Å². The monoisotopic (exact) mass is 254 g/mol. The van der Waals surface area contributed by atoms with Crippen LogP contribution in [0.1, 0.15) is 18.4 Å². The fourth-order valence-corrected chi connectivity index (χ4v) is 2.39. The Morgan fingerprint density at radius 1 is 1.29 bits per heavy atom. The maximum Gasteiger partial charge on any atom is 0.0468 e. The average molecular weight is 255 g/mol. The van der Waals surface area contributed by atoms with Crippen LogP contribution in [0, 0.1) is 5.92 Å². The second kappa shape index (κ2) is 4.94. The van der Waals surface area contributed by atoms with Gasteiger partial charge in [0, 0.05) is 17.7 Å². The van der Waals surface area contributed by atoms with E-state index in [1.54, 1.807) is 0 Å². The third kappa shape index (κ3) is 2.82. The minimum Gasteiger partial charge on any atom is -0.381 e. The predicted molar refractivity (Wildman–Crippen MR) is 61.4 cm³/mol. The predicted octanol–water partition coefficient (Wildman–Crippen LogP) is 3.42. The summed E-state index contributed by atoms with van der Waals surface area (Å²) in [4.78, 5) is 0. The molecule has 0 saturated carbocycles. The van der Waals surface area contributed by atoms with Crippen molar-refractivity contribution in [3.05, 3.63) is 34.3 Å². The molecule has 1 heterocycles. The zero-order valence-electron chi connectivity index (χ0n) is 8.21. The van der Waals surface area contributed by atoms with Crippen LogP contribution in [0.2, 0.25) is 0 Å². The van der Waals surface area contributed by atoms with Gasteiger partial charge in [-0.25, -0.2) is 0 Å². The molecule has 0 atom stereocenters. The van der Waals surface area contributed by atoms with Crippen molar-refractivity contribution in [2.75, 3.05) is 13.2 Å². The van der Waals surface area contributed by atoms with Crippen LogP contribution in [-0.4, -0.2) is 13.2 Å². The summed E-state index contributed by atoms with van der Waals surface area (Å²) in [5.74, 6) is 0.818. The molecule has 1 aliphatic rings. The molecule has 0 aromatic heterocycles. The first-order valence-electron chi connectivity index (χ1n) is 5.17. The van der Waals surface area contributed by atoms with Gasteiger partial charge in [-0.1, -0.05) is 28.1 Å². The van der Waals surface area contributed by atoms with Gasteiger partial charge in [0.05, 0.1) is 0 Å². The minimum atomic E-state index is 0.818. The van der Waals surface area contributed by atoms with Gasteiger partial charge in [0.15, 0.2) is 0 Å². The molecule has 1 fully saturated rings. The molecule has 1 saturated heterocycles. The Hall–Kier alpha value is -0.340. The zero-order chi connectivity index (χ0) is 9.80. The summed E-state index contributed by atoms with van der Waals surface area (Å²) < 4.78 is 6.53. The summed E-state index contributed by atoms with van der Waals surface area (Å²) in [7, 11) is 0. The number of benzene rings is 1. The van der Waals surface area contributed by atoms with Crippen molar-refractivity contribution in [3.63, 3.8) is 0 Å². The van der Waals surface area contributed by atoms with Crippen LogP contribution in [0.5, 0.6) is 0 Å². The third-order valence-corrected chi connectivity index (χ3v) is 3.25. The summed E-state index contributed by atoms with van der Waals surface area (Å²) >= 11 is 3.50. The number of halogens is 1. The van der Waals surface area contributed by atoms with E-state index in [-0.39, 0.29) is 0 Å². The van der Waals surface area contributed by atoms with Crippen molar-refractivity contribution < 1.29 is 4.74 Å². The van der Waals surface area contributed by atoms with E-state index in [2.05, 4.69) is 40.2 Å². The molecular weight excluding hydrogens is 240 g/mol. The van der Waals surface area contributed by atoms with Crippen molar-refractivity contribution in [1.82, 2.24) is 0 Å². The smallest absolute Gasteiger partial charge is 0.0468 e. The largest absolute Gasteiger partial charge is 0.381 e. The van der Waals surface area contributed by atoms with Crippen LogP contribution in [0.15, 0.2) is 28.7 Å². The molecule has 0 aliphatic carbocycles. The lowest BCUT2D eigenvalue weighted by molar-refractivity contribution is 0.0665. The molecule has 1 aliphatic heterocycles. The van der Waals surface area contributed by atoms with Crippen molar-refractivity contribution in [2.45, 2.75) is 19.3 Å². The van der Waals surface area contributed by atoms with E-state index in [9.17, 15) is 0 Å². The van der Waals surface area contributed by atoms with E-state index in [0.29, 0.717) is 0 Å². The van der Waals surface area contributed by atoms with Gasteiger partial charge in [0.1, 0.15) is 0 Å². The van der Waals surface area contributed by atoms with Crippen LogP contribution in [0.4, 0.5) is 0 Å². The number of rotatable bonds is 2. The molecule has 0 amide bonds. The fraction of sp³-hybridized carbons (Fsp3) is 0.500. The van der Waals surface area contributed by atoms with Crippen LogP contribution < -0.4 is 0 Å². The quantitative estimate of drug-likeness (QED) is 0.786. The molecule has 0 N–H and O–H groups in total. The molecule has 2 rings (SSSR count). The molecule has 0 spiro atoms. The Morgan fingerprint density at radius 3 is 2.79 bits per heavy atom. The van der Waals surface area contributed by atoms with E-state index in [4.69, 9.17) is 4.74 Å². The molecule has 0 unspecified atom stereocenters. The normalized spacial score (nSPS) is 18.4. The Labute approximate surface area is 93.6 Å². The van der Waals surface area contributed by atoms with Gasteiger partial charge >= 0.3 is 0 Å². The van der Waals surface area contributed by atoms with Gasteiger partial charge < -0.3 is 4.74 Å². The van der Waals surface area contributed by atoms with E-state index in [1.165, 1.54) is 29.3 Å². The maximum absolute atomic E-state index is 5.35.